The Morgan fingerprint density at radius 1 is 1.04 bits per heavy atom. The maximum Gasteiger partial charge on any atom is 0.221 e. The van der Waals surface area contributed by atoms with E-state index in [0.29, 0.717) is 30.1 Å². The SMILES string of the molecule is CC(=O)Nc1ccc(O)cc1.CC(CN1c2ccccc2Sc2ccccc21)N(C)C.COc1ccc2c3c1O[C@H]1C(=O)CC[C@H]4[C@@H](C2)N(C)CC[C@]314. The fourth-order valence-electron chi connectivity index (χ4n) is 8.82. The number of carbonyl (C=O) groups excluding carboxylic acids is 2. The number of hydrogen-bond acceptors (Lipinski definition) is 9. The second kappa shape index (κ2) is 15.1. The van der Waals surface area contributed by atoms with Crippen LogP contribution in [-0.2, 0) is 21.4 Å². The summed E-state index contributed by atoms with van der Waals surface area (Å²) in [5.74, 6) is 2.54. The first kappa shape index (κ1) is 36.8. The van der Waals surface area contributed by atoms with Gasteiger partial charge in [0.1, 0.15) is 5.75 Å². The summed E-state index contributed by atoms with van der Waals surface area (Å²) in [4.78, 5) is 33.1. The molecule has 5 atom stereocenters. The van der Waals surface area contributed by atoms with Crippen LogP contribution in [0.1, 0.15) is 44.2 Å². The molecule has 1 amide bonds. The molecule has 9 nitrogen and oxygen atoms in total. The van der Waals surface area contributed by atoms with Crippen LogP contribution >= 0.6 is 11.8 Å². The molecule has 2 N–H and O–H groups in total. The summed E-state index contributed by atoms with van der Waals surface area (Å²) >= 11 is 1.87. The Morgan fingerprint density at radius 3 is 2.32 bits per heavy atom. The van der Waals surface area contributed by atoms with Gasteiger partial charge in [0.25, 0.3) is 0 Å². The molecule has 1 saturated carbocycles. The molecule has 53 heavy (non-hydrogen) atoms. The Bertz CT molecular complexity index is 1940. The van der Waals surface area contributed by atoms with Crippen molar-refractivity contribution in [1.29, 1.82) is 0 Å². The number of likely N-dealkylation sites (tertiary alicyclic amines) is 1. The number of hydrogen-bond donors (Lipinski definition) is 2. The number of benzene rings is 4. The number of phenols is 1. The van der Waals surface area contributed by atoms with E-state index in [0.717, 1.165) is 43.9 Å². The number of methoxy groups -OCH3 is 1. The molecule has 2 fully saturated rings. The molecule has 1 saturated heterocycles. The van der Waals surface area contributed by atoms with Gasteiger partial charge in [-0.3, -0.25) is 9.59 Å². The van der Waals surface area contributed by atoms with Gasteiger partial charge in [-0.2, -0.15) is 0 Å². The van der Waals surface area contributed by atoms with Gasteiger partial charge in [0.2, 0.25) is 5.91 Å². The number of rotatable bonds is 5. The molecule has 2 aliphatic carbocycles. The molecule has 4 aromatic carbocycles. The molecule has 3 heterocycles. The lowest BCUT2D eigenvalue weighted by Gasteiger charge is -2.57. The summed E-state index contributed by atoms with van der Waals surface area (Å²) in [7, 11) is 8.19. The van der Waals surface area contributed by atoms with E-state index in [-0.39, 0.29) is 29.0 Å². The number of ketones is 1. The highest BCUT2D eigenvalue weighted by Crippen LogP contribution is 2.63. The van der Waals surface area contributed by atoms with Gasteiger partial charge in [0.05, 0.1) is 18.5 Å². The number of fused-ring (bicyclic) bond motifs is 2. The normalized spacial score (nSPS) is 23.5. The number of anilines is 3. The summed E-state index contributed by atoms with van der Waals surface area (Å²) in [5.41, 5.74) is 5.91. The van der Waals surface area contributed by atoms with Crippen molar-refractivity contribution in [2.45, 2.75) is 72.9 Å². The van der Waals surface area contributed by atoms with E-state index in [1.54, 1.807) is 19.2 Å². The molecule has 10 heteroatoms. The minimum absolute atomic E-state index is 0.0933. The molecule has 3 aliphatic heterocycles. The maximum absolute atomic E-state index is 12.6. The lowest BCUT2D eigenvalue weighted by atomic mass is 9.52. The van der Waals surface area contributed by atoms with Crippen molar-refractivity contribution in [3.8, 4) is 17.2 Å². The Morgan fingerprint density at radius 2 is 1.70 bits per heavy atom. The second-order valence-corrected chi connectivity index (χ2v) is 16.1. The zero-order valence-corrected chi connectivity index (χ0v) is 32.3. The predicted octanol–water partition coefficient (Wildman–Crippen LogP) is 7.52. The number of para-hydroxylation sites is 2. The molecule has 0 radical (unpaired) electrons. The third-order valence-electron chi connectivity index (χ3n) is 11.6. The minimum Gasteiger partial charge on any atom is -0.508 e. The van der Waals surface area contributed by atoms with Crippen LogP contribution in [0.25, 0.3) is 0 Å². The van der Waals surface area contributed by atoms with E-state index < -0.39 is 0 Å². The predicted molar refractivity (Wildman–Crippen MR) is 211 cm³/mol. The van der Waals surface area contributed by atoms with Crippen molar-refractivity contribution in [3.63, 3.8) is 0 Å². The minimum atomic E-state index is -0.284. The number of piperidine rings is 1. The zero-order valence-electron chi connectivity index (χ0n) is 31.5. The third kappa shape index (κ3) is 6.88. The highest BCUT2D eigenvalue weighted by molar-refractivity contribution is 7.99. The molecule has 5 aliphatic rings. The van der Waals surface area contributed by atoms with Crippen molar-refractivity contribution in [2.75, 3.05) is 51.6 Å². The Labute approximate surface area is 317 Å². The van der Waals surface area contributed by atoms with E-state index in [4.69, 9.17) is 14.6 Å². The van der Waals surface area contributed by atoms with Crippen LogP contribution in [0.3, 0.4) is 0 Å². The lowest BCUT2D eigenvalue weighted by molar-refractivity contribution is -0.138. The standard InChI is InChI=1S/C18H21NO3.C17H20N2S.C8H9NO2/c1-19-8-7-18-11-4-5-13(20)17(18)22-16-14(21-2)6-3-10(15(16)18)9-12(11)19;1-13(18(2)3)12-19-14-8-4-6-10-16(14)20-17-11-7-5-9-15(17)19;1-6(10)9-7-2-4-8(11)5-3-7/h3,6,11-12,17H,4-5,7-9H2,1-2H3;4-11,13H,12H2,1-3H3;2-5,11H,1H3,(H,9,10)/t11-,12+,17-,18-;;/m0../s1. The summed E-state index contributed by atoms with van der Waals surface area (Å²) in [6.45, 7) is 5.76. The van der Waals surface area contributed by atoms with Crippen LogP contribution in [0, 0.1) is 5.92 Å². The van der Waals surface area contributed by atoms with Gasteiger partial charge in [0, 0.05) is 58.4 Å². The van der Waals surface area contributed by atoms with Crippen LogP contribution < -0.4 is 19.7 Å². The third-order valence-corrected chi connectivity index (χ3v) is 12.8. The maximum atomic E-state index is 12.6. The van der Waals surface area contributed by atoms with E-state index in [1.807, 2.05) is 17.8 Å². The van der Waals surface area contributed by atoms with E-state index in [2.05, 4.69) is 103 Å². The molecule has 278 valence electrons. The monoisotopic (exact) mass is 734 g/mol. The number of Topliss-reactive ketones (excluding diaryl/α,β-unsaturated/α-hetero) is 1. The number of ether oxygens (including phenoxy) is 2. The fraction of sp³-hybridized carbons (Fsp3) is 0.395. The van der Waals surface area contributed by atoms with Crippen molar-refractivity contribution in [2.24, 2.45) is 5.92 Å². The number of nitrogens with one attached hydrogen (secondary N) is 1. The highest BCUT2D eigenvalue weighted by atomic mass is 32.2. The topological polar surface area (TPSA) is 94.6 Å². The van der Waals surface area contributed by atoms with E-state index in [9.17, 15) is 9.59 Å². The first-order chi connectivity index (χ1) is 25.5. The van der Waals surface area contributed by atoms with Gasteiger partial charge < -0.3 is 34.6 Å². The van der Waals surface area contributed by atoms with Gasteiger partial charge in [-0.15, -0.1) is 0 Å². The molecular weight excluding hydrogens is 685 g/mol. The highest BCUT2D eigenvalue weighted by Gasteiger charge is 2.65. The second-order valence-electron chi connectivity index (χ2n) is 15.0. The molecule has 9 rings (SSSR count). The number of nitrogens with zero attached hydrogens (tertiary/aromatic N) is 3. The molecular formula is C43H50N4O5S. The quantitative estimate of drug-likeness (QED) is 0.202. The fourth-order valence-corrected chi connectivity index (χ4v) is 9.92. The van der Waals surface area contributed by atoms with Gasteiger partial charge >= 0.3 is 0 Å². The van der Waals surface area contributed by atoms with Gasteiger partial charge in [-0.25, -0.2) is 0 Å². The van der Waals surface area contributed by atoms with Crippen LogP contribution in [-0.4, -0.2) is 86.1 Å². The summed E-state index contributed by atoms with van der Waals surface area (Å²) < 4.78 is 11.8. The number of carbonyl (C=O) groups is 2. The number of phenolic OH excluding ortho intramolecular Hbond substituents is 1. The largest absolute Gasteiger partial charge is 0.508 e. The summed E-state index contributed by atoms with van der Waals surface area (Å²) in [6.07, 6.45) is 3.47. The lowest BCUT2D eigenvalue weighted by Crippen LogP contribution is -2.65. The Hall–Kier alpha value is -4.51. The van der Waals surface area contributed by atoms with Crippen LogP contribution in [0.2, 0.25) is 0 Å². The molecule has 1 spiro atoms. The number of likely N-dealkylation sites (N-methyl/N-ethyl adjacent to an activating group) is 2. The zero-order chi connectivity index (χ0) is 37.4. The van der Waals surface area contributed by atoms with Gasteiger partial charge in [-0.1, -0.05) is 42.1 Å². The molecule has 0 aromatic heterocycles. The average Bonchev–Trinajstić information content (AvgIpc) is 3.51. The van der Waals surface area contributed by atoms with Crippen LogP contribution in [0.5, 0.6) is 17.2 Å². The number of amides is 1. The van der Waals surface area contributed by atoms with E-state index in [1.165, 1.54) is 51.3 Å². The van der Waals surface area contributed by atoms with Crippen LogP contribution in [0.15, 0.2) is 94.7 Å². The molecule has 2 bridgehead atoms. The first-order valence-electron chi connectivity index (χ1n) is 18.5. The Balaban J connectivity index is 0.000000130. The van der Waals surface area contributed by atoms with Crippen molar-refractivity contribution in [3.05, 3.63) is 96.1 Å². The molecule has 4 aromatic rings. The van der Waals surface area contributed by atoms with Gasteiger partial charge in [-0.05, 0) is 120 Å². The first-order valence-corrected chi connectivity index (χ1v) is 19.3. The van der Waals surface area contributed by atoms with Crippen molar-refractivity contribution in [1.82, 2.24) is 9.80 Å². The smallest absolute Gasteiger partial charge is 0.221 e. The van der Waals surface area contributed by atoms with Crippen molar-refractivity contribution < 1.29 is 24.2 Å². The number of aromatic hydroxyl groups is 1. The van der Waals surface area contributed by atoms with E-state index >= 15 is 0 Å². The molecule has 1 unspecified atom stereocenters. The van der Waals surface area contributed by atoms with Gasteiger partial charge in [0.15, 0.2) is 23.4 Å². The summed E-state index contributed by atoms with van der Waals surface area (Å²) in [5, 5.41) is 11.5. The van der Waals surface area contributed by atoms with Crippen molar-refractivity contribution >= 4 is 40.5 Å². The average molecular weight is 735 g/mol. The Kier molecular flexibility index (Phi) is 10.5. The van der Waals surface area contributed by atoms with Crippen LogP contribution in [0.4, 0.5) is 17.1 Å². The summed E-state index contributed by atoms with van der Waals surface area (Å²) in [6, 6.07) is 28.9.